The zero-order valence-electron chi connectivity index (χ0n) is 15.9. The fourth-order valence-electron chi connectivity index (χ4n) is 3.85. The number of hydrogen-bond donors (Lipinski definition) is 1. The number of Topliss-reactive ketones (excluding diaryl/α,β-unsaturated/α-hetero) is 1. The molecule has 29 heavy (non-hydrogen) atoms. The lowest BCUT2D eigenvalue weighted by molar-refractivity contribution is -0.139. The summed E-state index contributed by atoms with van der Waals surface area (Å²) in [5, 5.41) is 12.2. The second-order valence-electron chi connectivity index (χ2n) is 7.25. The van der Waals surface area contributed by atoms with Crippen molar-refractivity contribution in [3.63, 3.8) is 0 Å². The van der Waals surface area contributed by atoms with E-state index in [0.717, 1.165) is 5.56 Å². The summed E-state index contributed by atoms with van der Waals surface area (Å²) >= 11 is 5.96. The van der Waals surface area contributed by atoms with E-state index in [9.17, 15) is 14.7 Å². The number of fused-ring (bicyclic) bond motifs is 1. The maximum absolute atomic E-state index is 13.4. The Bertz CT molecular complexity index is 1060. The first-order valence-corrected chi connectivity index (χ1v) is 9.78. The number of rotatable bonds is 5. The van der Waals surface area contributed by atoms with E-state index < -0.39 is 17.4 Å². The normalized spacial score (nSPS) is 19.1. The van der Waals surface area contributed by atoms with Crippen LogP contribution in [0.3, 0.4) is 0 Å². The van der Waals surface area contributed by atoms with Gasteiger partial charge in [-0.05, 0) is 23.8 Å². The molecule has 2 unspecified atom stereocenters. The average molecular weight is 406 g/mol. The fraction of sp³-hybridized carbons (Fsp3) is 0.167. The third kappa shape index (κ3) is 3.24. The highest BCUT2D eigenvalue weighted by Gasteiger charge is 2.55. The Morgan fingerprint density at radius 1 is 1.00 bits per heavy atom. The second kappa shape index (κ2) is 7.47. The maximum Gasteiger partial charge on any atom is 0.264 e. The number of benzene rings is 3. The average Bonchev–Trinajstić information content (AvgIpc) is 2.97. The smallest absolute Gasteiger partial charge is 0.264 e. The van der Waals surface area contributed by atoms with Crippen LogP contribution in [0.2, 0.25) is 5.02 Å². The van der Waals surface area contributed by atoms with Gasteiger partial charge in [0.05, 0.1) is 18.2 Å². The number of carbonyl (C=O) groups is 2. The zero-order chi connectivity index (χ0) is 20.6. The molecule has 0 saturated heterocycles. The van der Waals surface area contributed by atoms with Crippen molar-refractivity contribution >= 4 is 29.0 Å². The lowest BCUT2D eigenvalue weighted by Crippen LogP contribution is -2.47. The van der Waals surface area contributed by atoms with Crippen LogP contribution in [0.1, 0.15) is 28.4 Å². The second-order valence-corrected chi connectivity index (χ2v) is 7.69. The van der Waals surface area contributed by atoms with Gasteiger partial charge in [0.2, 0.25) is 0 Å². The molecule has 1 aliphatic heterocycles. The molecule has 2 atom stereocenters. The third-order valence-corrected chi connectivity index (χ3v) is 5.76. The van der Waals surface area contributed by atoms with Crippen LogP contribution in [-0.2, 0) is 16.9 Å². The lowest BCUT2D eigenvalue weighted by Gasteiger charge is -2.28. The zero-order valence-corrected chi connectivity index (χ0v) is 16.6. The van der Waals surface area contributed by atoms with Gasteiger partial charge in [-0.15, -0.1) is 0 Å². The van der Waals surface area contributed by atoms with E-state index in [-0.39, 0.29) is 12.3 Å². The van der Waals surface area contributed by atoms with Gasteiger partial charge < -0.3 is 10.0 Å². The minimum absolute atomic E-state index is 0.274. The van der Waals surface area contributed by atoms with Crippen LogP contribution in [0, 0.1) is 5.92 Å². The molecular formula is C24H20ClNO3. The maximum atomic E-state index is 13.4. The van der Waals surface area contributed by atoms with Crippen molar-refractivity contribution in [2.45, 2.75) is 19.1 Å². The summed E-state index contributed by atoms with van der Waals surface area (Å²) in [6, 6.07) is 23.0. The Labute approximate surface area is 174 Å². The number of halogens is 1. The Hall–Kier alpha value is -2.95. The highest BCUT2D eigenvalue weighted by atomic mass is 35.5. The number of hydrogen-bond acceptors (Lipinski definition) is 3. The number of aliphatic hydroxyl groups is 1. The van der Waals surface area contributed by atoms with Gasteiger partial charge in [-0.2, -0.15) is 0 Å². The van der Waals surface area contributed by atoms with Crippen LogP contribution < -0.4 is 4.90 Å². The molecule has 146 valence electrons. The van der Waals surface area contributed by atoms with Crippen molar-refractivity contribution < 1.29 is 14.7 Å². The van der Waals surface area contributed by atoms with Crippen molar-refractivity contribution in [3.05, 3.63) is 101 Å². The summed E-state index contributed by atoms with van der Waals surface area (Å²) in [4.78, 5) is 28.0. The van der Waals surface area contributed by atoms with Crippen LogP contribution in [0.5, 0.6) is 0 Å². The Morgan fingerprint density at radius 2 is 1.62 bits per heavy atom. The van der Waals surface area contributed by atoms with Crippen molar-refractivity contribution in [1.82, 2.24) is 0 Å². The number of anilines is 1. The van der Waals surface area contributed by atoms with Gasteiger partial charge >= 0.3 is 0 Å². The summed E-state index contributed by atoms with van der Waals surface area (Å²) in [5.74, 6) is -1.70. The number of amides is 1. The third-order valence-electron chi connectivity index (χ3n) is 5.51. The molecule has 4 nitrogen and oxygen atoms in total. The molecule has 1 aliphatic rings. The summed E-state index contributed by atoms with van der Waals surface area (Å²) in [6.45, 7) is 1.89. The Kier molecular flexibility index (Phi) is 4.99. The van der Waals surface area contributed by atoms with Crippen molar-refractivity contribution in [2.24, 2.45) is 5.92 Å². The lowest BCUT2D eigenvalue weighted by atomic mass is 9.79. The molecule has 0 saturated carbocycles. The van der Waals surface area contributed by atoms with Crippen LogP contribution in [0.4, 0.5) is 5.69 Å². The van der Waals surface area contributed by atoms with Crippen LogP contribution in [0.15, 0.2) is 78.9 Å². The predicted molar refractivity (Wildman–Crippen MR) is 113 cm³/mol. The van der Waals surface area contributed by atoms with E-state index in [4.69, 9.17) is 11.6 Å². The molecule has 0 aromatic heterocycles. The standard InChI is InChI=1S/C24H20ClNO3/c1-16(22(27)18-7-3-2-4-8-18)24(29)20-9-5-6-10-21(20)26(23(24)28)15-17-11-13-19(25)14-12-17/h2-14,16,29H,15H2,1H3. The first-order valence-electron chi connectivity index (χ1n) is 9.40. The molecule has 0 spiro atoms. The fourth-order valence-corrected chi connectivity index (χ4v) is 3.98. The minimum Gasteiger partial charge on any atom is -0.375 e. The number of nitrogens with zero attached hydrogens (tertiary/aromatic N) is 1. The SMILES string of the molecule is CC(C(=O)c1ccccc1)C1(O)C(=O)N(Cc2ccc(Cl)cc2)c2ccccc21. The summed E-state index contributed by atoms with van der Waals surface area (Å²) < 4.78 is 0. The van der Waals surface area contributed by atoms with Gasteiger partial charge in [-0.1, -0.05) is 79.2 Å². The topological polar surface area (TPSA) is 57.6 Å². The molecular weight excluding hydrogens is 386 g/mol. The van der Waals surface area contributed by atoms with Crippen molar-refractivity contribution in [3.8, 4) is 0 Å². The largest absolute Gasteiger partial charge is 0.375 e. The van der Waals surface area contributed by atoms with E-state index in [1.54, 1.807) is 61.5 Å². The van der Waals surface area contributed by atoms with Crippen molar-refractivity contribution in [2.75, 3.05) is 4.90 Å². The highest BCUT2D eigenvalue weighted by molar-refractivity contribution is 6.30. The van der Waals surface area contributed by atoms with E-state index in [0.29, 0.717) is 21.8 Å². The monoisotopic (exact) mass is 405 g/mol. The predicted octanol–water partition coefficient (Wildman–Crippen LogP) is 4.59. The molecule has 0 aliphatic carbocycles. The first-order chi connectivity index (χ1) is 13.9. The van der Waals surface area contributed by atoms with Gasteiger partial charge in [-0.25, -0.2) is 0 Å². The molecule has 3 aromatic rings. The Balaban J connectivity index is 1.73. The molecule has 4 rings (SSSR count). The van der Waals surface area contributed by atoms with Crippen molar-refractivity contribution in [1.29, 1.82) is 0 Å². The first kappa shape index (κ1) is 19.4. The van der Waals surface area contributed by atoms with E-state index in [1.807, 2.05) is 24.3 Å². The van der Waals surface area contributed by atoms with E-state index in [1.165, 1.54) is 4.90 Å². The highest BCUT2D eigenvalue weighted by Crippen LogP contribution is 2.46. The number of ketones is 1. The van der Waals surface area contributed by atoms with Crippen LogP contribution >= 0.6 is 11.6 Å². The van der Waals surface area contributed by atoms with E-state index in [2.05, 4.69) is 0 Å². The molecule has 0 radical (unpaired) electrons. The molecule has 1 heterocycles. The molecule has 0 bridgehead atoms. The van der Waals surface area contributed by atoms with Gasteiger partial charge in [0, 0.05) is 16.1 Å². The summed E-state index contributed by atoms with van der Waals surface area (Å²) in [7, 11) is 0. The minimum atomic E-state index is -1.92. The van der Waals surface area contributed by atoms with Gasteiger partial charge in [0.15, 0.2) is 11.4 Å². The Morgan fingerprint density at radius 3 is 2.31 bits per heavy atom. The van der Waals surface area contributed by atoms with Crippen LogP contribution in [-0.4, -0.2) is 16.8 Å². The van der Waals surface area contributed by atoms with Gasteiger partial charge in [0.1, 0.15) is 0 Å². The summed E-state index contributed by atoms with van der Waals surface area (Å²) in [5.41, 5.74) is 0.493. The molecule has 1 amide bonds. The number of carbonyl (C=O) groups excluding carboxylic acids is 2. The van der Waals surface area contributed by atoms with Crippen LogP contribution in [0.25, 0.3) is 0 Å². The molecule has 5 heteroatoms. The van der Waals surface area contributed by atoms with E-state index >= 15 is 0 Å². The van der Waals surface area contributed by atoms with Gasteiger partial charge in [-0.3, -0.25) is 9.59 Å². The molecule has 1 N–H and O–H groups in total. The number of para-hydroxylation sites is 1. The quantitative estimate of drug-likeness (QED) is 0.631. The molecule has 0 fully saturated rings. The summed E-state index contributed by atoms with van der Waals surface area (Å²) in [6.07, 6.45) is 0. The van der Waals surface area contributed by atoms with Gasteiger partial charge in [0.25, 0.3) is 5.91 Å². The molecule has 3 aromatic carbocycles.